The van der Waals surface area contributed by atoms with Crippen LogP contribution in [0.5, 0.6) is 11.5 Å². The van der Waals surface area contributed by atoms with Crippen molar-refractivity contribution in [1.29, 1.82) is 0 Å². The van der Waals surface area contributed by atoms with Gasteiger partial charge in [0.1, 0.15) is 12.7 Å². The lowest BCUT2D eigenvalue weighted by molar-refractivity contribution is 0.0556. The quantitative estimate of drug-likeness (QED) is 0.620. The van der Waals surface area contributed by atoms with Gasteiger partial charge in [0, 0.05) is 6.61 Å². The zero-order valence-electron chi connectivity index (χ0n) is 12.3. The van der Waals surface area contributed by atoms with Gasteiger partial charge in [-0.1, -0.05) is 12.1 Å². The lowest BCUT2D eigenvalue weighted by Gasteiger charge is -2.32. The summed E-state index contributed by atoms with van der Waals surface area (Å²) in [6.07, 6.45) is 5.93. The molecule has 1 saturated heterocycles. The van der Waals surface area contributed by atoms with Gasteiger partial charge in [-0.05, 0) is 44.2 Å². The first kappa shape index (κ1) is 14.6. The zero-order chi connectivity index (χ0) is 14.5. The van der Waals surface area contributed by atoms with Gasteiger partial charge in [-0.3, -0.25) is 11.3 Å². The molecule has 5 nitrogen and oxygen atoms in total. The van der Waals surface area contributed by atoms with Gasteiger partial charge in [0.15, 0.2) is 11.5 Å². The van der Waals surface area contributed by atoms with E-state index in [0.29, 0.717) is 12.7 Å². The SMILES string of the molecule is NNC(CCCC1CCCO1)C1COc2ccccc2O1. The summed E-state index contributed by atoms with van der Waals surface area (Å²) in [5.41, 5.74) is 2.88. The normalized spacial score (nSPS) is 25.8. The topological polar surface area (TPSA) is 65.7 Å². The first-order valence-electron chi connectivity index (χ1n) is 7.83. The van der Waals surface area contributed by atoms with E-state index in [2.05, 4.69) is 5.43 Å². The van der Waals surface area contributed by atoms with Crippen LogP contribution in [0.15, 0.2) is 24.3 Å². The van der Waals surface area contributed by atoms with E-state index in [1.54, 1.807) is 0 Å². The molecule has 1 aromatic carbocycles. The molecule has 0 spiro atoms. The highest BCUT2D eigenvalue weighted by molar-refractivity contribution is 5.40. The summed E-state index contributed by atoms with van der Waals surface area (Å²) in [4.78, 5) is 0. The molecule has 0 aromatic heterocycles. The molecule has 2 heterocycles. The highest BCUT2D eigenvalue weighted by Gasteiger charge is 2.28. The number of nitrogens with two attached hydrogens (primary N) is 1. The summed E-state index contributed by atoms with van der Waals surface area (Å²) in [5, 5.41) is 0. The molecule has 21 heavy (non-hydrogen) atoms. The lowest BCUT2D eigenvalue weighted by atomic mass is 10.0. The second-order valence-electron chi connectivity index (χ2n) is 5.75. The van der Waals surface area contributed by atoms with Gasteiger partial charge in [0.2, 0.25) is 0 Å². The first-order chi connectivity index (χ1) is 10.4. The van der Waals surface area contributed by atoms with Gasteiger partial charge in [-0.25, -0.2) is 0 Å². The van der Waals surface area contributed by atoms with Crippen molar-refractivity contribution >= 4 is 0 Å². The van der Waals surface area contributed by atoms with Crippen molar-refractivity contribution in [2.24, 2.45) is 5.84 Å². The van der Waals surface area contributed by atoms with E-state index in [1.807, 2.05) is 24.3 Å². The van der Waals surface area contributed by atoms with Gasteiger partial charge >= 0.3 is 0 Å². The predicted octanol–water partition coefficient (Wildman–Crippen LogP) is 2.01. The summed E-state index contributed by atoms with van der Waals surface area (Å²) >= 11 is 0. The van der Waals surface area contributed by atoms with Crippen molar-refractivity contribution < 1.29 is 14.2 Å². The van der Waals surface area contributed by atoms with Crippen molar-refractivity contribution in [3.05, 3.63) is 24.3 Å². The van der Waals surface area contributed by atoms with E-state index < -0.39 is 0 Å². The minimum atomic E-state index is -0.0469. The molecule has 2 aliphatic rings. The molecule has 1 aromatic rings. The minimum Gasteiger partial charge on any atom is -0.486 e. The van der Waals surface area contributed by atoms with Crippen LogP contribution in [0.1, 0.15) is 32.1 Å². The number of hydrogen-bond donors (Lipinski definition) is 2. The maximum absolute atomic E-state index is 6.01. The third-order valence-electron chi connectivity index (χ3n) is 4.26. The Bertz CT molecular complexity index is 449. The molecule has 0 amide bonds. The van der Waals surface area contributed by atoms with Crippen molar-refractivity contribution in [1.82, 2.24) is 5.43 Å². The minimum absolute atomic E-state index is 0.0469. The van der Waals surface area contributed by atoms with Crippen LogP contribution < -0.4 is 20.7 Å². The van der Waals surface area contributed by atoms with E-state index >= 15 is 0 Å². The van der Waals surface area contributed by atoms with Crippen molar-refractivity contribution in [3.8, 4) is 11.5 Å². The molecule has 0 bridgehead atoms. The average molecular weight is 292 g/mol. The van der Waals surface area contributed by atoms with E-state index in [0.717, 1.165) is 37.4 Å². The van der Waals surface area contributed by atoms with E-state index in [9.17, 15) is 0 Å². The summed E-state index contributed by atoms with van der Waals surface area (Å²) in [5.74, 6) is 7.31. The highest BCUT2D eigenvalue weighted by Crippen LogP contribution is 2.32. The number of nitrogens with one attached hydrogen (secondary N) is 1. The van der Waals surface area contributed by atoms with Gasteiger partial charge in [0.05, 0.1) is 12.1 Å². The second kappa shape index (κ2) is 7.11. The van der Waals surface area contributed by atoms with Crippen LogP contribution in [0, 0.1) is 0 Å². The molecule has 0 radical (unpaired) electrons. The Kier molecular flexibility index (Phi) is 4.95. The summed E-state index contributed by atoms with van der Waals surface area (Å²) in [7, 11) is 0. The van der Waals surface area contributed by atoms with Crippen LogP contribution in [0.2, 0.25) is 0 Å². The number of rotatable bonds is 6. The number of ether oxygens (including phenoxy) is 3. The fourth-order valence-corrected chi connectivity index (χ4v) is 3.05. The zero-order valence-corrected chi connectivity index (χ0v) is 12.3. The summed E-state index contributed by atoms with van der Waals surface area (Å²) < 4.78 is 17.4. The van der Waals surface area contributed by atoms with Crippen LogP contribution in [0.25, 0.3) is 0 Å². The fourth-order valence-electron chi connectivity index (χ4n) is 3.05. The molecule has 1 fully saturated rings. The van der Waals surface area contributed by atoms with Crippen LogP contribution in [-0.4, -0.2) is 31.5 Å². The molecule has 3 atom stereocenters. The molecular formula is C16H24N2O3. The molecule has 2 aliphatic heterocycles. The number of benzene rings is 1. The van der Waals surface area contributed by atoms with Gasteiger partial charge in [-0.2, -0.15) is 0 Å². The molecule has 0 aliphatic carbocycles. The fraction of sp³-hybridized carbons (Fsp3) is 0.625. The van der Waals surface area contributed by atoms with Crippen LogP contribution in [-0.2, 0) is 4.74 Å². The maximum Gasteiger partial charge on any atom is 0.161 e. The van der Waals surface area contributed by atoms with Crippen LogP contribution in [0.3, 0.4) is 0 Å². The summed E-state index contributed by atoms with van der Waals surface area (Å²) in [6.45, 7) is 1.45. The van der Waals surface area contributed by atoms with Crippen molar-refractivity contribution in [3.63, 3.8) is 0 Å². The molecule has 0 saturated carbocycles. The van der Waals surface area contributed by atoms with Crippen LogP contribution in [0.4, 0.5) is 0 Å². The Morgan fingerprint density at radius 2 is 2.14 bits per heavy atom. The number of para-hydroxylation sites is 2. The standard InChI is InChI=1S/C16H24N2O3/c17-18-13(7-3-5-12-6-4-10-19-12)16-11-20-14-8-1-2-9-15(14)21-16/h1-2,8-9,12-13,16,18H,3-7,10-11,17H2. The third kappa shape index (κ3) is 3.67. The lowest BCUT2D eigenvalue weighted by Crippen LogP contribution is -2.50. The van der Waals surface area contributed by atoms with Gasteiger partial charge in [-0.15, -0.1) is 0 Å². The van der Waals surface area contributed by atoms with Crippen LogP contribution >= 0.6 is 0 Å². The first-order valence-corrected chi connectivity index (χ1v) is 7.83. The maximum atomic E-state index is 6.01. The Morgan fingerprint density at radius 3 is 2.90 bits per heavy atom. The van der Waals surface area contributed by atoms with E-state index in [4.69, 9.17) is 20.1 Å². The second-order valence-corrected chi connectivity index (χ2v) is 5.75. The Labute approximate surface area is 125 Å². The molecular weight excluding hydrogens is 268 g/mol. The molecule has 3 rings (SSSR count). The number of fused-ring (bicyclic) bond motifs is 1. The average Bonchev–Trinajstić information content (AvgIpc) is 3.04. The highest BCUT2D eigenvalue weighted by atomic mass is 16.6. The smallest absolute Gasteiger partial charge is 0.161 e. The molecule has 3 unspecified atom stereocenters. The van der Waals surface area contributed by atoms with Crippen molar-refractivity contribution in [2.45, 2.75) is 50.4 Å². The van der Waals surface area contributed by atoms with E-state index in [1.165, 1.54) is 12.8 Å². The van der Waals surface area contributed by atoms with Gasteiger partial charge in [0.25, 0.3) is 0 Å². The monoisotopic (exact) mass is 292 g/mol. The summed E-state index contributed by atoms with van der Waals surface area (Å²) in [6, 6.07) is 7.85. The largest absolute Gasteiger partial charge is 0.486 e. The Hall–Kier alpha value is -1.30. The Morgan fingerprint density at radius 1 is 1.29 bits per heavy atom. The molecule has 3 N–H and O–H groups in total. The van der Waals surface area contributed by atoms with E-state index in [-0.39, 0.29) is 12.1 Å². The number of hydrogen-bond acceptors (Lipinski definition) is 5. The van der Waals surface area contributed by atoms with Crippen molar-refractivity contribution in [2.75, 3.05) is 13.2 Å². The predicted molar refractivity (Wildman–Crippen MR) is 80.3 cm³/mol. The Balaban J connectivity index is 1.49. The number of hydrazine groups is 1. The van der Waals surface area contributed by atoms with Gasteiger partial charge < -0.3 is 14.2 Å². The molecule has 116 valence electrons. The third-order valence-corrected chi connectivity index (χ3v) is 4.26. The molecule has 5 heteroatoms.